The highest BCUT2D eigenvalue weighted by atomic mass is 79.9. The minimum absolute atomic E-state index is 0.242. The minimum Gasteiger partial charge on any atom is -0.393 e. The van der Waals surface area contributed by atoms with Crippen LogP contribution in [0.25, 0.3) is 0 Å². The van der Waals surface area contributed by atoms with Crippen LogP contribution in [0, 0.1) is 0 Å². The molecule has 0 aliphatic heterocycles. The first-order valence-corrected chi connectivity index (χ1v) is 5.99. The van der Waals surface area contributed by atoms with E-state index < -0.39 is 0 Å². The van der Waals surface area contributed by atoms with E-state index >= 15 is 0 Å². The van der Waals surface area contributed by atoms with Crippen molar-refractivity contribution in [3.8, 4) is 0 Å². The lowest BCUT2D eigenvalue weighted by Crippen LogP contribution is -2.07. The van der Waals surface area contributed by atoms with Crippen molar-refractivity contribution < 1.29 is 5.11 Å². The molecule has 1 rings (SSSR count). The number of hydrogen-bond acceptors (Lipinski definition) is 3. The molecular weight excluding hydrogens is 279 g/mol. The summed E-state index contributed by atoms with van der Waals surface area (Å²) in [5.41, 5.74) is 0. The van der Waals surface area contributed by atoms with Gasteiger partial charge >= 0.3 is 0 Å². The summed E-state index contributed by atoms with van der Waals surface area (Å²) in [6, 6.07) is 1.80. The van der Waals surface area contributed by atoms with Gasteiger partial charge in [0.15, 0.2) is 0 Å². The maximum atomic E-state index is 9.07. The van der Waals surface area contributed by atoms with E-state index in [-0.39, 0.29) is 6.10 Å². The van der Waals surface area contributed by atoms with Crippen molar-refractivity contribution in [2.45, 2.75) is 25.9 Å². The number of rotatable bonds is 5. The van der Waals surface area contributed by atoms with Gasteiger partial charge in [0.05, 0.1) is 15.6 Å². The molecule has 0 aromatic carbocycles. The average molecular weight is 294 g/mol. The van der Waals surface area contributed by atoms with Crippen LogP contribution in [0.3, 0.4) is 0 Å². The molecule has 0 saturated heterocycles. The van der Waals surface area contributed by atoms with Crippen LogP contribution in [0.4, 0.5) is 5.82 Å². The molecule has 0 radical (unpaired) electrons. The van der Waals surface area contributed by atoms with Crippen molar-refractivity contribution in [1.29, 1.82) is 0 Å². The summed E-state index contributed by atoms with van der Waals surface area (Å²) in [6.07, 6.45) is 3.06. The topological polar surface area (TPSA) is 45.1 Å². The second kappa shape index (κ2) is 6.30. The van der Waals surface area contributed by atoms with Gasteiger partial charge in [-0.15, -0.1) is 0 Å². The summed E-state index contributed by atoms with van der Waals surface area (Å²) in [4.78, 5) is 4.14. The largest absolute Gasteiger partial charge is 0.393 e. The molecule has 2 N–H and O–H groups in total. The fourth-order valence-electron chi connectivity index (χ4n) is 1.15. The number of anilines is 1. The first kappa shape index (κ1) is 12.7. The molecule has 3 nitrogen and oxygen atoms in total. The molecule has 0 aliphatic rings. The van der Waals surface area contributed by atoms with E-state index in [1.165, 1.54) is 0 Å². The molecule has 1 aromatic heterocycles. The Morgan fingerprint density at radius 3 is 3.00 bits per heavy atom. The maximum absolute atomic E-state index is 9.07. The quantitative estimate of drug-likeness (QED) is 0.820. The zero-order valence-corrected chi connectivity index (χ0v) is 10.8. The Bertz CT molecular complexity index is 320. The van der Waals surface area contributed by atoms with Crippen molar-refractivity contribution in [2.24, 2.45) is 0 Å². The monoisotopic (exact) mass is 292 g/mol. The summed E-state index contributed by atoms with van der Waals surface area (Å²) in [5.74, 6) is 0.782. The van der Waals surface area contributed by atoms with Crippen molar-refractivity contribution in [3.05, 3.63) is 21.8 Å². The molecule has 5 heteroatoms. The zero-order chi connectivity index (χ0) is 11.3. The number of hydrogen-bond donors (Lipinski definition) is 2. The number of nitrogens with one attached hydrogen (secondary N) is 1. The van der Waals surface area contributed by atoms with Gasteiger partial charge in [-0.3, -0.25) is 0 Å². The summed E-state index contributed by atoms with van der Waals surface area (Å²) in [5, 5.41) is 12.8. The lowest BCUT2D eigenvalue weighted by Gasteiger charge is -2.08. The number of aliphatic hydroxyl groups is 1. The smallest absolute Gasteiger partial charge is 0.140 e. The molecule has 84 valence electrons. The van der Waals surface area contributed by atoms with Gasteiger partial charge in [0.2, 0.25) is 0 Å². The number of pyridine rings is 1. The SMILES string of the molecule is CC(O)CCCNc1ncc(Cl)cc1Br. The van der Waals surface area contributed by atoms with Gasteiger partial charge < -0.3 is 10.4 Å². The molecule has 0 bridgehead atoms. The van der Waals surface area contributed by atoms with E-state index in [9.17, 15) is 0 Å². The highest BCUT2D eigenvalue weighted by molar-refractivity contribution is 9.10. The summed E-state index contributed by atoms with van der Waals surface area (Å²) < 4.78 is 0.854. The standard InChI is InChI=1S/C10H14BrClN2O/c1-7(15)3-2-4-13-10-9(11)5-8(12)6-14-10/h5-7,15H,2-4H2,1H3,(H,13,14). The van der Waals surface area contributed by atoms with Crippen LogP contribution in [0.5, 0.6) is 0 Å². The Kier molecular flexibility index (Phi) is 5.36. The average Bonchev–Trinajstić information content (AvgIpc) is 2.14. The second-order valence-electron chi connectivity index (χ2n) is 3.40. The predicted molar refractivity (Wildman–Crippen MR) is 66.4 cm³/mol. The van der Waals surface area contributed by atoms with Crippen LogP contribution in [0.2, 0.25) is 5.02 Å². The summed E-state index contributed by atoms with van der Waals surface area (Å²) >= 11 is 9.14. The molecule has 0 aliphatic carbocycles. The number of aromatic nitrogens is 1. The molecule has 0 saturated carbocycles. The van der Waals surface area contributed by atoms with Gasteiger partial charge in [-0.1, -0.05) is 11.6 Å². The van der Waals surface area contributed by atoms with Gasteiger partial charge in [0.25, 0.3) is 0 Å². The molecule has 1 aromatic rings. The van der Waals surface area contributed by atoms with E-state index in [1.54, 1.807) is 19.2 Å². The van der Waals surface area contributed by atoms with E-state index in [0.717, 1.165) is 29.7 Å². The van der Waals surface area contributed by atoms with Crippen molar-refractivity contribution in [2.75, 3.05) is 11.9 Å². The van der Waals surface area contributed by atoms with Crippen molar-refractivity contribution >= 4 is 33.3 Å². The van der Waals surface area contributed by atoms with Crippen LogP contribution in [0.15, 0.2) is 16.7 Å². The minimum atomic E-state index is -0.242. The maximum Gasteiger partial charge on any atom is 0.140 e. The van der Waals surface area contributed by atoms with Gasteiger partial charge in [-0.05, 0) is 41.8 Å². The molecule has 1 unspecified atom stereocenters. The van der Waals surface area contributed by atoms with E-state index in [4.69, 9.17) is 16.7 Å². The number of halogens is 2. The normalized spacial score (nSPS) is 12.5. The molecule has 15 heavy (non-hydrogen) atoms. The highest BCUT2D eigenvalue weighted by Gasteiger charge is 2.01. The zero-order valence-electron chi connectivity index (χ0n) is 8.50. The third-order valence-electron chi connectivity index (χ3n) is 1.90. The Labute approximate surface area is 103 Å². The van der Waals surface area contributed by atoms with E-state index in [1.807, 2.05) is 0 Å². The lowest BCUT2D eigenvalue weighted by molar-refractivity contribution is 0.183. The molecule has 0 spiro atoms. The number of nitrogens with zero attached hydrogens (tertiary/aromatic N) is 1. The molecule has 1 atom stereocenters. The van der Waals surface area contributed by atoms with Gasteiger partial charge in [-0.2, -0.15) is 0 Å². The predicted octanol–water partition coefficient (Wildman–Crippen LogP) is 3.07. The van der Waals surface area contributed by atoms with E-state index in [2.05, 4.69) is 26.2 Å². The third kappa shape index (κ3) is 4.82. The molecule has 0 amide bonds. The summed E-state index contributed by atoms with van der Waals surface area (Å²) in [7, 11) is 0. The fraction of sp³-hybridized carbons (Fsp3) is 0.500. The number of aliphatic hydroxyl groups excluding tert-OH is 1. The lowest BCUT2D eigenvalue weighted by atomic mass is 10.2. The van der Waals surface area contributed by atoms with Crippen LogP contribution in [0.1, 0.15) is 19.8 Å². The van der Waals surface area contributed by atoms with Crippen LogP contribution < -0.4 is 5.32 Å². The molecule has 1 heterocycles. The highest BCUT2D eigenvalue weighted by Crippen LogP contribution is 2.22. The van der Waals surface area contributed by atoms with Gasteiger partial charge in [-0.25, -0.2) is 4.98 Å². The van der Waals surface area contributed by atoms with Crippen molar-refractivity contribution in [1.82, 2.24) is 4.98 Å². The van der Waals surface area contributed by atoms with Crippen molar-refractivity contribution in [3.63, 3.8) is 0 Å². The third-order valence-corrected chi connectivity index (χ3v) is 2.71. The second-order valence-corrected chi connectivity index (χ2v) is 4.69. The van der Waals surface area contributed by atoms with Gasteiger partial charge in [0.1, 0.15) is 5.82 Å². The first-order valence-electron chi connectivity index (χ1n) is 4.82. The molecule has 0 fully saturated rings. The summed E-state index contributed by atoms with van der Waals surface area (Å²) in [6.45, 7) is 2.58. The Balaban J connectivity index is 2.37. The first-order chi connectivity index (χ1) is 7.09. The van der Waals surface area contributed by atoms with E-state index in [0.29, 0.717) is 5.02 Å². The van der Waals surface area contributed by atoms with Gasteiger partial charge in [0, 0.05) is 12.7 Å². The van der Waals surface area contributed by atoms with Crippen LogP contribution in [-0.4, -0.2) is 22.7 Å². The fourth-order valence-corrected chi connectivity index (χ4v) is 1.93. The van der Waals surface area contributed by atoms with Crippen LogP contribution >= 0.6 is 27.5 Å². The Hall–Kier alpha value is -0.320. The Morgan fingerprint density at radius 1 is 1.67 bits per heavy atom. The molecular formula is C10H14BrClN2O. The Morgan fingerprint density at radius 2 is 2.40 bits per heavy atom. The van der Waals surface area contributed by atoms with Crippen LogP contribution in [-0.2, 0) is 0 Å².